The maximum absolute atomic E-state index is 12.5. The molecule has 29 heavy (non-hydrogen) atoms. The zero-order chi connectivity index (χ0) is 20.5. The second-order valence-electron chi connectivity index (χ2n) is 7.44. The number of hydrogen-bond acceptors (Lipinski definition) is 6. The highest BCUT2D eigenvalue weighted by molar-refractivity contribution is 8.00. The highest BCUT2D eigenvalue weighted by Gasteiger charge is 2.29. The molecule has 1 fully saturated rings. The van der Waals surface area contributed by atoms with Crippen LogP contribution < -0.4 is 5.32 Å². The molecule has 0 aliphatic heterocycles. The molecule has 4 rings (SSSR count). The van der Waals surface area contributed by atoms with Crippen molar-refractivity contribution in [1.29, 1.82) is 0 Å². The Hall–Kier alpha value is -2.67. The first-order valence-corrected chi connectivity index (χ1v) is 10.7. The molecule has 1 saturated carbocycles. The maximum atomic E-state index is 12.5. The molecule has 1 aliphatic rings. The number of carbonyl (C=O) groups excluding carboxylic acids is 2. The molecule has 0 saturated heterocycles. The number of carbonyl (C=O) groups is 2. The van der Waals surface area contributed by atoms with Gasteiger partial charge >= 0.3 is 0 Å². The van der Waals surface area contributed by atoms with Crippen molar-refractivity contribution in [2.75, 3.05) is 5.75 Å². The second kappa shape index (κ2) is 7.99. The Morgan fingerprint density at radius 3 is 2.72 bits per heavy atom. The van der Waals surface area contributed by atoms with Crippen LogP contribution in [0.15, 0.2) is 39.8 Å². The molecule has 1 amide bonds. The summed E-state index contributed by atoms with van der Waals surface area (Å²) >= 11 is 1.28. The normalized spacial score (nSPS) is 14.7. The number of rotatable bonds is 7. The summed E-state index contributed by atoms with van der Waals surface area (Å²) in [6.45, 7) is 5.23. The first-order valence-electron chi connectivity index (χ1n) is 9.72. The summed E-state index contributed by atoms with van der Waals surface area (Å²) < 4.78 is 5.82. The molecule has 6 nitrogen and oxygen atoms in total. The summed E-state index contributed by atoms with van der Waals surface area (Å²) in [6.07, 6.45) is 2.16. The lowest BCUT2D eigenvalue weighted by Gasteiger charge is -2.13. The van der Waals surface area contributed by atoms with Crippen LogP contribution in [0.2, 0.25) is 0 Å². The second-order valence-corrected chi connectivity index (χ2v) is 8.41. The van der Waals surface area contributed by atoms with Crippen LogP contribution in [0.1, 0.15) is 66.3 Å². The van der Waals surface area contributed by atoms with Gasteiger partial charge in [-0.3, -0.25) is 9.59 Å². The van der Waals surface area contributed by atoms with Crippen LogP contribution in [0.25, 0.3) is 11.0 Å². The number of nitrogens with zero attached hydrogens (tertiary/aromatic N) is 2. The van der Waals surface area contributed by atoms with E-state index >= 15 is 0 Å². The Labute approximate surface area is 173 Å². The van der Waals surface area contributed by atoms with Crippen molar-refractivity contribution >= 4 is 34.4 Å². The Morgan fingerprint density at radius 2 is 2.03 bits per heavy atom. The van der Waals surface area contributed by atoms with Crippen molar-refractivity contribution in [2.24, 2.45) is 0 Å². The van der Waals surface area contributed by atoms with Crippen molar-refractivity contribution in [2.45, 2.75) is 50.6 Å². The van der Waals surface area contributed by atoms with Crippen LogP contribution >= 0.6 is 11.8 Å². The number of fused-ring (bicyclic) bond motifs is 1. The Morgan fingerprint density at radius 1 is 1.28 bits per heavy atom. The van der Waals surface area contributed by atoms with Gasteiger partial charge in [0.15, 0.2) is 5.78 Å². The van der Waals surface area contributed by atoms with Crippen molar-refractivity contribution < 1.29 is 14.0 Å². The Balaban J connectivity index is 1.44. The van der Waals surface area contributed by atoms with E-state index in [1.165, 1.54) is 18.7 Å². The fraction of sp³-hybridized carbons (Fsp3) is 0.364. The smallest absolute Gasteiger partial charge is 0.230 e. The van der Waals surface area contributed by atoms with Crippen LogP contribution in [0.3, 0.4) is 0 Å². The standard InChI is InChI=1S/C22H23N3O3S/c1-12(18-10-16-6-4-5-7-17(16)28-18)23-19(27)11-29-22-20(14(3)26)13(2)24-21(25-22)15-8-9-15/h4-7,10,12,15H,8-9,11H2,1-3H3,(H,23,27). The number of nitrogens with one attached hydrogen (secondary N) is 1. The van der Waals surface area contributed by atoms with Crippen molar-refractivity contribution in [3.8, 4) is 0 Å². The van der Waals surface area contributed by atoms with Gasteiger partial charge < -0.3 is 9.73 Å². The first-order chi connectivity index (χ1) is 13.9. The van der Waals surface area contributed by atoms with Crippen LogP contribution in [0, 0.1) is 6.92 Å². The SMILES string of the molecule is CC(=O)c1c(C)nc(C2CC2)nc1SCC(=O)NC(C)c1cc2ccccc2o1. The monoisotopic (exact) mass is 409 g/mol. The summed E-state index contributed by atoms with van der Waals surface area (Å²) in [5.74, 6) is 1.83. The molecule has 1 atom stereocenters. The molecule has 2 aromatic heterocycles. The topological polar surface area (TPSA) is 85.1 Å². The Kier molecular flexibility index (Phi) is 5.41. The molecule has 1 unspecified atom stereocenters. The largest absolute Gasteiger partial charge is 0.459 e. The number of thioether (sulfide) groups is 1. The number of Topliss-reactive ketones (excluding diaryl/α,β-unsaturated/α-hetero) is 1. The molecule has 7 heteroatoms. The van der Waals surface area contributed by atoms with Gasteiger partial charge in [-0.1, -0.05) is 30.0 Å². The highest BCUT2D eigenvalue weighted by atomic mass is 32.2. The van der Waals surface area contributed by atoms with Crippen LogP contribution in [0.4, 0.5) is 0 Å². The third-order valence-electron chi connectivity index (χ3n) is 4.96. The van der Waals surface area contributed by atoms with Crippen LogP contribution in [-0.4, -0.2) is 27.4 Å². The van der Waals surface area contributed by atoms with Gasteiger partial charge in [0.25, 0.3) is 0 Å². The molecular weight excluding hydrogens is 386 g/mol. The lowest BCUT2D eigenvalue weighted by Crippen LogP contribution is -2.28. The van der Waals surface area contributed by atoms with E-state index in [4.69, 9.17) is 4.42 Å². The maximum Gasteiger partial charge on any atom is 0.230 e. The van der Waals surface area contributed by atoms with Crippen molar-refractivity contribution in [3.05, 3.63) is 53.2 Å². The minimum atomic E-state index is -0.253. The molecule has 150 valence electrons. The van der Waals surface area contributed by atoms with Gasteiger partial charge in [0, 0.05) is 11.3 Å². The predicted molar refractivity (Wildman–Crippen MR) is 112 cm³/mol. The van der Waals surface area contributed by atoms with E-state index in [0.29, 0.717) is 28.0 Å². The van der Waals surface area contributed by atoms with Crippen molar-refractivity contribution in [1.82, 2.24) is 15.3 Å². The summed E-state index contributed by atoms with van der Waals surface area (Å²) in [5, 5.41) is 4.56. The quantitative estimate of drug-likeness (QED) is 0.349. The van der Waals surface area contributed by atoms with E-state index in [1.54, 1.807) is 0 Å². The van der Waals surface area contributed by atoms with Crippen LogP contribution in [0.5, 0.6) is 0 Å². The summed E-state index contributed by atoms with van der Waals surface area (Å²) in [4.78, 5) is 33.7. The molecule has 0 bridgehead atoms. The van der Waals surface area contributed by atoms with Crippen molar-refractivity contribution in [3.63, 3.8) is 0 Å². The number of ketones is 1. The zero-order valence-electron chi connectivity index (χ0n) is 16.7. The van der Waals surface area contributed by atoms with Gasteiger partial charge in [-0.25, -0.2) is 9.97 Å². The zero-order valence-corrected chi connectivity index (χ0v) is 17.5. The lowest BCUT2D eigenvalue weighted by atomic mass is 10.1. The van der Waals surface area contributed by atoms with Gasteiger partial charge in [0.2, 0.25) is 5.91 Å². The van der Waals surface area contributed by atoms with E-state index < -0.39 is 0 Å². The molecule has 0 radical (unpaired) electrons. The predicted octanol–water partition coefficient (Wildman–Crippen LogP) is 4.58. The average Bonchev–Trinajstić information content (AvgIpc) is 3.43. The fourth-order valence-corrected chi connectivity index (χ4v) is 4.25. The Bertz CT molecular complexity index is 1060. The number of para-hydroxylation sites is 1. The van der Waals surface area contributed by atoms with E-state index in [-0.39, 0.29) is 23.5 Å². The lowest BCUT2D eigenvalue weighted by molar-refractivity contribution is -0.119. The van der Waals surface area contributed by atoms with Gasteiger partial charge in [0.05, 0.1) is 23.1 Å². The first kappa shape index (κ1) is 19.6. The van der Waals surface area contributed by atoms with Crippen LogP contribution in [-0.2, 0) is 4.79 Å². The molecule has 1 aromatic carbocycles. The molecular formula is C22H23N3O3S. The highest BCUT2D eigenvalue weighted by Crippen LogP contribution is 2.39. The van der Waals surface area contributed by atoms with Gasteiger partial charge in [0.1, 0.15) is 22.2 Å². The number of aromatic nitrogens is 2. The third-order valence-corrected chi connectivity index (χ3v) is 5.93. The van der Waals surface area contributed by atoms with Gasteiger partial charge in [-0.05, 0) is 45.7 Å². The minimum Gasteiger partial charge on any atom is -0.459 e. The van der Waals surface area contributed by atoms with E-state index in [0.717, 1.165) is 29.6 Å². The molecule has 0 spiro atoms. The number of amides is 1. The molecule has 3 aromatic rings. The average molecular weight is 410 g/mol. The molecule has 1 N–H and O–H groups in total. The summed E-state index contributed by atoms with van der Waals surface area (Å²) in [5.41, 5.74) is 2.00. The number of furan rings is 1. The fourth-order valence-electron chi connectivity index (χ4n) is 3.31. The van der Waals surface area contributed by atoms with Gasteiger partial charge in [-0.15, -0.1) is 0 Å². The number of hydrogen-bond donors (Lipinski definition) is 1. The summed E-state index contributed by atoms with van der Waals surface area (Å²) in [6, 6.07) is 9.44. The minimum absolute atomic E-state index is 0.0802. The van der Waals surface area contributed by atoms with E-state index in [9.17, 15) is 9.59 Å². The van der Waals surface area contributed by atoms with Gasteiger partial charge in [-0.2, -0.15) is 0 Å². The summed E-state index contributed by atoms with van der Waals surface area (Å²) in [7, 11) is 0. The number of benzene rings is 1. The molecule has 2 heterocycles. The molecule has 1 aliphatic carbocycles. The van der Waals surface area contributed by atoms with E-state index in [2.05, 4.69) is 15.3 Å². The number of aryl methyl sites for hydroxylation is 1. The third kappa shape index (κ3) is 4.34. The van der Waals surface area contributed by atoms with E-state index in [1.807, 2.05) is 44.2 Å².